The lowest BCUT2D eigenvalue weighted by Crippen LogP contribution is -2.58. The van der Waals surface area contributed by atoms with Gasteiger partial charge in [0.1, 0.15) is 29.3 Å². The number of hydroxylamine groups is 1. The number of hydrogen-bond donors (Lipinski definition) is 3. The third-order valence-electron chi connectivity index (χ3n) is 8.94. The van der Waals surface area contributed by atoms with E-state index in [1.807, 2.05) is 18.2 Å². The number of carbonyl (C=O) groups excluding carboxylic acids is 4. The van der Waals surface area contributed by atoms with E-state index in [9.17, 15) is 19.2 Å². The number of allylic oxidation sites excluding steroid dienone is 1. The predicted octanol–water partition coefficient (Wildman–Crippen LogP) is 5.70. The highest BCUT2D eigenvalue weighted by atomic mass is 35.5. The Morgan fingerprint density at radius 2 is 1.90 bits per heavy atom. The molecule has 1 saturated heterocycles. The second-order valence-corrected chi connectivity index (χ2v) is 15.4. The summed E-state index contributed by atoms with van der Waals surface area (Å²) in [6, 6.07) is 12.2. The van der Waals surface area contributed by atoms with Gasteiger partial charge >= 0.3 is 6.09 Å². The molecule has 2 fully saturated rings. The van der Waals surface area contributed by atoms with Gasteiger partial charge in [0, 0.05) is 17.4 Å². The van der Waals surface area contributed by atoms with Gasteiger partial charge < -0.3 is 29.8 Å². The standard InChI is InChI=1S/C36H42ClN5O7S/c1-35(2,3)48-33(46)38-27-15-11-6-4-5-8-12-22-20-36(22,32(45)41-49-24-13-9-7-10-14-24)40-30(43)28-19-25(21-42(28)31(27)44)47-34-39-26-17-16-23(37)18-29(26)50-34/h7-10,12-14,16-18,22,25,27-28H,4-6,11,15,19-21H2,1-3H3,(H,38,46)(H,40,43)(H,41,45)/t22-,25-,27+,28+,36-/m1/s1. The molecule has 3 N–H and O–H groups in total. The molecule has 3 aliphatic rings. The number of thiazole rings is 1. The summed E-state index contributed by atoms with van der Waals surface area (Å²) in [5, 5.41) is 6.71. The first kappa shape index (κ1) is 35.5. The van der Waals surface area contributed by atoms with Crippen LogP contribution in [-0.2, 0) is 19.1 Å². The second-order valence-electron chi connectivity index (χ2n) is 14.0. The Labute approximate surface area is 299 Å². The van der Waals surface area contributed by atoms with Crippen molar-refractivity contribution in [2.24, 2.45) is 5.92 Å². The van der Waals surface area contributed by atoms with Crippen molar-refractivity contribution in [2.75, 3.05) is 6.54 Å². The number of aromatic nitrogens is 1. The maximum absolute atomic E-state index is 14.3. The van der Waals surface area contributed by atoms with Gasteiger partial charge in [-0.2, -0.15) is 5.48 Å². The maximum atomic E-state index is 14.3. The SMILES string of the molecule is CC(C)(C)OC(=O)N[C@H]1CCCCCC=C[C@@H]2C[C@@]2(C(=O)NOc2ccccc2)NC(=O)[C@@H]2C[C@@H](Oc3nc4ccc(Cl)cc4s3)CN2C1=O. The number of ether oxygens (including phenoxy) is 2. The first-order chi connectivity index (χ1) is 23.9. The van der Waals surface area contributed by atoms with Gasteiger partial charge in [-0.1, -0.05) is 66.1 Å². The molecule has 2 aromatic carbocycles. The third-order valence-corrected chi connectivity index (χ3v) is 10.1. The lowest BCUT2D eigenvalue weighted by atomic mass is 10.0. The number of amides is 4. The van der Waals surface area contributed by atoms with E-state index in [0.717, 1.165) is 29.5 Å². The van der Waals surface area contributed by atoms with E-state index in [0.29, 0.717) is 35.2 Å². The Bertz CT molecular complexity index is 1760. The fourth-order valence-electron chi connectivity index (χ4n) is 6.37. The van der Waals surface area contributed by atoms with E-state index in [-0.39, 0.29) is 18.9 Å². The first-order valence-electron chi connectivity index (χ1n) is 16.9. The molecule has 1 aromatic heterocycles. The van der Waals surface area contributed by atoms with E-state index in [2.05, 4.69) is 21.1 Å². The van der Waals surface area contributed by atoms with E-state index in [1.165, 1.54) is 16.2 Å². The van der Waals surface area contributed by atoms with Crippen molar-refractivity contribution >= 4 is 57.0 Å². The summed E-state index contributed by atoms with van der Waals surface area (Å²) >= 11 is 7.50. The summed E-state index contributed by atoms with van der Waals surface area (Å²) in [5.41, 5.74) is 1.20. The molecular weight excluding hydrogens is 682 g/mol. The molecular formula is C36H42ClN5O7S. The molecule has 12 nitrogen and oxygen atoms in total. The number of carbonyl (C=O) groups is 4. The van der Waals surface area contributed by atoms with Crippen LogP contribution in [0.15, 0.2) is 60.7 Å². The largest absolute Gasteiger partial charge is 0.465 e. The summed E-state index contributed by atoms with van der Waals surface area (Å²) < 4.78 is 12.6. The number of nitrogens with zero attached hydrogens (tertiary/aromatic N) is 2. The Balaban J connectivity index is 1.27. The van der Waals surface area contributed by atoms with Crippen molar-refractivity contribution in [1.82, 2.24) is 26.0 Å². The first-order valence-corrected chi connectivity index (χ1v) is 18.1. The zero-order valence-electron chi connectivity index (χ0n) is 28.3. The Hall–Kier alpha value is -4.36. The molecule has 266 valence electrons. The number of fused-ring (bicyclic) bond motifs is 3. The predicted molar refractivity (Wildman–Crippen MR) is 189 cm³/mol. The zero-order chi connectivity index (χ0) is 35.5. The number of benzene rings is 2. The lowest BCUT2D eigenvalue weighted by Gasteiger charge is -2.30. The lowest BCUT2D eigenvalue weighted by molar-refractivity contribution is -0.142. The van der Waals surface area contributed by atoms with Gasteiger partial charge in [0.25, 0.3) is 11.1 Å². The normalized spacial score (nSPS) is 25.7. The average molecular weight is 724 g/mol. The number of alkyl carbamates (subject to hydrolysis) is 1. The van der Waals surface area contributed by atoms with E-state index in [4.69, 9.17) is 25.9 Å². The van der Waals surface area contributed by atoms with Gasteiger partial charge in [0.15, 0.2) is 5.75 Å². The van der Waals surface area contributed by atoms with Gasteiger partial charge in [-0.25, -0.2) is 9.78 Å². The van der Waals surface area contributed by atoms with E-state index in [1.54, 1.807) is 63.2 Å². The molecule has 2 aliphatic heterocycles. The van der Waals surface area contributed by atoms with Crippen LogP contribution in [0.2, 0.25) is 5.02 Å². The minimum absolute atomic E-state index is 0.0692. The minimum Gasteiger partial charge on any atom is -0.465 e. The summed E-state index contributed by atoms with van der Waals surface area (Å²) in [6.45, 7) is 5.32. The molecule has 0 spiro atoms. The van der Waals surface area contributed by atoms with Crippen LogP contribution in [0.5, 0.6) is 10.9 Å². The van der Waals surface area contributed by atoms with Gasteiger partial charge in [-0.15, -0.1) is 0 Å². The van der Waals surface area contributed by atoms with E-state index >= 15 is 0 Å². The molecule has 6 rings (SSSR count). The van der Waals surface area contributed by atoms with Crippen LogP contribution in [0.25, 0.3) is 10.2 Å². The second kappa shape index (κ2) is 14.9. The fraction of sp³-hybridized carbons (Fsp3) is 0.472. The molecule has 4 amide bonds. The van der Waals surface area contributed by atoms with Crippen molar-refractivity contribution in [3.05, 3.63) is 65.7 Å². The fourth-order valence-corrected chi connectivity index (χ4v) is 7.53. The number of rotatable bonds is 6. The van der Waals surface area contributed by atoms with Crippen molar-refractivity contribution in [3.8, 4) is 10.9 Å². The van der Waals surface area contributed by atoms with Crippen LogP contribution in [-0.4, -0.2) is 69.6 Å². The zero-order valence-corrected chi connectivity index (χ0v) is 29.9. The molecule has 0 unspecified atom stereocenters. The van der Waals surface area contributed by atoms with Crippen molar-refractivity contribution in [1.29, 1.82) is 0 Å². The smallest absolute Gasteiger partial charge is 0.408 e. The number of halogens is 1. The Morgan fingerprint density at radius 3 is 2.68 bits per heavy atom. The maximum Gasteiger partial charge on any atom is 0.408 e. The molecule has 3 aromatic rings. The van der Waals surface area contributed by atoms with Gasteiger partial charge in [0.05, 0.1) is 16.8 Å². The summed E-state index contributed by atoms with van der Waals surface area (Å²) in [5.74, 6) is -1.23. The van der Waals surface area contributed by atoms with Crippen LogP contribution in [0.1, 0.15) is 65.7 Å². The van der Waals surface area contributed by atoms with Crippen LogP contribution < -0.4 is 25.7 Å². The highest BCUT2D eigenvalue weighted by Crippen LogP contribution is 2.45. The number of para-hydroxylation sites is 1. The highest BCUT2D eigenvalue weighted by molar-refractivity contribution is 7.20. The Morgan fingerprint density at radius 1 is 1.10 bits per heavy atom. The summed E-state index contributed by atoms with van der Waals surface area (Å²) in [6.07, 6.45) is 6.69. The molecule has 3 heterocycles. The molecule has 50 heavy (non-hydrogen) atoms. The number of nitrogens with one attached hydrogen (secondary N) is 3. The quantitative estimate of drug-likeness (QED) is 0.217. The molecule has 0 radical (unpaired) electrons. The monoisotopic (exact) mass is 723 g/mol. The molecule has 1 aliphatic carbocycles. The van der Waals surface area contributed by atoms with Gasteiger partial charge in [-0.05, 0) is 76.8 Å². The van der Waals surface area contributed by atoms with Crippen LogP contribution in [0.4, 0.5) is 4.79 Å². The highest BCUT2D eigenvalue weighted by Gasteiger charge is 2.61. The number of hydrogen-bond acceptors (Lipinski definition) is 9. The summed E-state index contributed by atoms with van der Waals surface area (Å²) in [4.78, 5) is 66.7. The average Bonchev–Trinajstić information content (AvgIpc) is 3.37. The van der Waals surface area contributed by atoms with Crippen LogP contribution >= 0.6 is 22.9 Å². The van der Waals surface area contributed by atoms with Gasteiger partial charge in [0.2, 0.25) is 11.8 Å². The van der Waals surface area contributed by atoms with Crippen molar-refractivity contribution < 1.29 is 33.5 Å². The molecule has 5 atom stereocenters. The minimum atomic E-state index is -1.27. The summed E-state index contributed by atoms with van der Waals surface area (Å²) in [7, 11) is 0. The topological polar surface area (TPSA) is 148 Å². The molecule has 14 heteroatoms. The van der Waals surface area contributed by atoms with Crippen molar-refractivity contribution in [2.45, 2.75) is 95.0 Å². The molecule has 1 saturated carbocycles. The van der Waals surface area contributed by atoms with E-state index < -0.39 is 53.1 Å². The van der Waals surface area contributed by atoms with Crippen molar-refractivity contribution in [3.63, 3.8) is 0 Å². The van der Waals surface area contributed by atoms with Crippen LogP contribution in [0, 0.1) is 5.92 Å². The van der Waals surface area contributed by atoms with Gasteiger partial charge in [-0.3, -0.25) is 14.4 Å². The Kier molecular flexibility index (Phi) is 10.5. The molecule has 0 bridgehead atoms. The third kappa shape index (κ3) is 8.50. The van der Waals surface area contributed by atoms with Crippen LogP contribution in [0.3, 0.4) is 0 Å².